The molecule has 0 saturated heterocycles. The molecule has 0 bridgehead atoms. The Morgan fingerprint density at radius 3 is 2.82 bits per heavy atom. The summed E-state index contributed by atoms with van der Waals surface area (Å²) in [7, 11) is 1.91. The van der Waals surface area contributed by atoms with Crippen LogP contribution in [-0.4, -0.2) is 19.6 Å². The van der Waals surface area contributed by atoms with Gasteiger partial charge in [0.2, 0.25) is 0 Å². The zero-order valence-corrected chi connectivity index (χ0v) is 10.9. The van der Waals surface area contributed by atoms with Crippen molar-refractivity contribution in [2.75, 3.05) is 5.32 Å². The molecule has 0 aliphatic carbocycles. The Labute approximate surface area is 107 Å². The van der Waals surface area contributed by atoms with Gasteiger partial charge in [0.05, 0.1) is 12.2 Å². The number of nitrogens with one attached hydrogen (secondary N) is 1. The minimum absolute atomic E-state index is 0. The smallest absolute Gasteiger partial charge is 0.148 e. The van der Waals surface area contributed by atoms with Crippen LogP contribution in [0.15, 0.2) is 24.5 Å². The van der Waals surface area contributed by atoms with E-state index >= 15 is 0 Å². The monoisotopic (exact) mass is 255 g/mol. The van der Waals surface area contributed by atoms with Crippen molar-refractivity contribution in [3.05, 3.63) is 30.2 Å². The van der Waals surface area contributed by atoms with E-state index in [9.17, 15) is 0 Å². The van der Waals surface area contributed by atoms with E-state index < -0.39 is 0 Å². The quantitative estimate of drug-likeness (QED) is 0.890. The standard InChI is InChI=1S/C11H17N5.ClH/c1-3-7-16-10(4-6-13-16)9-12-11-5-8-15(2)14-11;/h4-6,8H,3,7,9H2,1-2H3,(H,12,14);1H. The molecule has 2 heterocycles. The molecule has 1 N–H and O–H groups in total. The number of hydrogen-bond donors (Lipinski definition) is 1. The molecule has 2 aromatic heterocycles. The van der Waals surface area contributed by atoms with Crippen LogP contribution in [0.1, 0.15) is 19.0 Å². The number of aromatic nitrogens is 4. The molecule has 2 aromatic rings. The molecule has 94 valence electrons. The van der Waals surface area contributed by atoms with Gasteiger partial charge in [-0.3, -0.25) is 9.36 Å². The topological polar surface area (TPSA) is 47.7 Å². The van der Waals surface area contributed by atoms with Crippen LogP contribution in [0.3, 0.4) is 0 Å². The first kappa shape index (κ1) is 13.6. The maximum atomic E-state index is 4.27. The lowest BCUT2D eigenvalue weighted by Gasteiger charge is -2.06. The number of rotatable bonds is 5. The van der Waals surface area contributed by atoms with Gasteiger partial charge in [-0.05, 0) is 12.5 Å². The van der Waals surface area contributed by atoms with Crippen molar-refractivity contribution >= 4 is 18.2 Å². The maximum absolute atomic E-state index is 4.27. The summed E-state index contributed by atoms with van der Waals surface area (Å²) in [4.78, 5) is 0. The van der Waals surface area contributed by atoms with Gasteiger partial charge in [0.1, 0.15) is 5.82 Å². The average molecular weight is 256 g/mol. The Morgan fingerprint density at radius 2 is 2.18 bits per heavy atom. The van der Waals surface area contributed by atoms with Crippen molar-refractivity contribution in [1.82, 2.24) is 19.6 Å². The van der Waals surface area contributed by atoms with Crippen LogP contribution in [0.5, 0.6) is 0 Å². The number of aryl methyl sites for hydroxylation is 2. The van der Waals surface area contributed by atoms with Crippen LogP contribution in [0, 0.1) is 0 Å². The average Bonchev–Trinajstić information content (AvgIpc) is 2.85. The summed E-state index contributed by atoms with van der Waals surface area (Å²) in [6.07, 6.45) is 4.86. The van der Waals surface area contributed by atoms with Gasteiger partial charge in [0.25, 0.3) is 0 Å². The molecule has 0 atom stereocenters. The SMILES string of the molecule is CCCn1nccc1CNc1ccn(C)n1.Cl. The molecule has 0 radical (unpaired) electrons. The zero-order chi connectivity index (χ0) is 11.4. The lowest BCUT2D eigenvalue weighted by molar-refractivity contribution is 0.578. The van der Waals surface area contributed by atoms with Crippen molar-refractivity contribution in [2.45, 2.75) is 26.4 Å². The van der Waals surface area contributed by atoms with Crippen LogP contribution in [0.25, 0.3) is 0 Å². The van der Waals surface area contributed by atoms with E-state index in [1.807, 2.05) is 36.3 Å². The van der Waals surface area contributed by atoms with Gasteiger partial charge < -0.3 is 5.32 Å². The van der Waals surface area contributed by atoms with Crippen molar-refractivity contribution in [3.8, 4) is 0 Å². The number of anilines is 1. The minimum Gasteiger partial charge on any atom is -0.363 e. The Bertz CT molecular complexity index is 448. The molecule has 17 heavy (non-hydrogen) atoms. The third-order valence-corrected chi connectivity index (χ3v) is 2.40. The fourth-order valence-corrected chi connectivity index (χ4v) is 1.61. The Balaban J connectivity index is 0.00000144. The second-order valence-electron chi connectivity index (χ2n) is 3.77. The van der Waals surface area contributed by atoms with Crippen molar-refractivity contribution in [2.24, 2.45) is 7.05 Å². The number of nitrogens with zero attached hydrogens (tertiary/aromatic N) is 4. The normalized spacial score (nSPS) is 10.0. The molecule has 2 rings (SSSR count). The summed E-state index contributed by atoms with van der Waals surface area (Å²) in [5.41, 5.74) is 1.19. The van der Waals surface area contributed by atoms with E-state index in [1.54, 1.807) is 4.68 Å². The molecule has 0 saturated carbocycles. The van der Waals surface area contributed by atoms with E-state index in [4.69, 9.17) is 0 Å². The highest BCUT2D eigenvalue weighted by Crippen LogP contribution is 2.06. The van der Waals surface area contributed by atoms with Gasteiger partial charge >= 0.3 is 0 Å². The van der Waals surface area contributed by atoms with Gasteiger partial charge in [-0.25, -0.2) is 0 Å². The first-order valence-corrected chi connectivity index (χ1v) is 5.54. The fraction of sp³-hybridized carbons (Fsp3) is 0.455. The van der Waals surface area contributed by atoms with E-state index in [0.29, 0.717) is 0 Å². The van der Waals surface area contributed by atoms with E-state index in [2.05, 4.69) is 22.4 Å². The third kappa shape index (κ3) is 3.49. The van der Waals surface area contributed by atoms with Crippen molar-refractivity contribution in [3.63, 3.8) is 0 Å². The highest BCUT2D eigenvalue weighted by atomic mass is 35.5. The molecule has 0 aromatic carbocycles. The minimum atomic E-state index is 0. The Hall–Kier alpha value is -1.49. The summed E-state index contributed by atoms with van der Waals surface area (Å²) >= 11 is 0. The first-order valence-electron chi connectivity index (χ1n) is 5.54. The summed E-state index contributed by atoms with van der Waals surface area (Å²) in [6, 6.07) is 3.99. The van der Waals surface area contributed by atoms with E-state index in [-0.39, 0.29) is 12.4 Å². The first-order chi connectivity index (χ1) is 7.79. The Kier molecular flexibility index (Phi) is 5.03. The predicted molar refractivity (Wildman–Crippen MR) is 70.3 cm³/mol. The number of hydrogen-bond acceptors (Lipinski definition) is 3. The maximum Gasteiger partial charge on any atom is 0.148 e. The molecule has 0 fully saturated rings. The van der Waals surface area contributed by atoms with E-state index in [0.717, 1.165) is 25.3 Å². The summed E-state index contributed by atoms with van der Waals surface area (Å²) in [5, 5.41) is 11.8. The van der Waals surface area contributed by atoms with Crippen LogP contribution < -0.4 is 5.32 Å². The van der Waals surface area contributed by atoms with Gasteiger partial charge in [-0.15, -0.1) is 12.4 Å². The van der Waals surface area contributed by atoms with Crippen LogP contribution >= 0.6 is 12.4 Å². The van der Waals surface area contributed by atoms with Crippen LogP contribution in [-0.2, 0) is 20.1 Å². The largest absolute Gasteiger partial charge is 0.363 e. The summed E-state index contributed by atoms with van der Waals surface area (Å²) in [5.74, 6) is 0.895. The zero-order valence-electron chi connectivity index (χ0n) is 10.1. The van der Waals surface area contributed by atoms with Gasteiger partial charge in [0.15, 0.2) is 0 Å². The highest BCUT2D eigenvalue weighted by Gasteiger charge is 2.02. The fourth-order valence-electron chi connectivity index (χ4n) is 1.61. The van der Waals surface area contributed by atoms with Crippen LogP contribution in [0.4, 0.5) is 5.82 Å². The molecule has 0 unspecified atom stereocenters. The summed E-state index contributed by atoms with van der Waals surface area (Å²) in [6.45, 7) is 3.88. The molecule has 0 amide bonds. The van der Waals surface area contributed by atoms with Crippen molar-refractivity contribution < 1.29 is 0 Å². The van der Waals surface area contributed by atoms with E-state index in [1.165, 1.54) is 5.69 Å². The molecule has 5 nitrogen and oxygen atoms in total. The van der Waals surface area contributed by atoms with Gasteiger partial charge in [-0.2, -0.15) is 10.2 Å². The Morgan fingerprint density at radius 1 is 1.35 bits per heavy atom. The predicted octanol–water partition coefficient (Wildman–Crippen LogP) is 2.06. The van der Waals surface area contributed by atoms with Gasteiger partial charge in [-0.1, -0.05) is 6.92 Å². The highest BCUT2D eigenvalue weighted by molar-refractivity contribution is 5.85. The lowest BCUT2D eigenvalue weighted by Crippen LogP contribution is -2.09. The molecular weight excluding hydrogens is 238 g/mol. The molecule has 6 heteroatoms. The molecular formula is C11H18ClN5. The lowest BCUT2D eigenvalue weighted by atomic mass is 10.4. The van der Waals surface area contributed by atoms with Crippen molar-refractivity contribution in [1.29, 1.82) is 0 Å². The second-order valence-corrected chi connectivity index (χ2v) is 3.77. The summed E-state index contributed by atoms with van der Waals surface area (Å²) < 4.78 is 3.81. The van der Waals surface area contributed by atoms with Gasteiger partial charge in [0, 0.05) is 32.1 Å². The van der Waals surface area contributed by atoms with Crippen LogP contribution in [0.2, 0.25) is 0 Å². The number of halogens is 1. The molecule has 0 aliphatic rings. The molecule has 0 spiro atoms. The molecule has 0 aliphatic heterocycles. The third-order valence-electron chi connectivity index (χ3n) is 2.40. The second kappa shape index (κ2) is 6.30.